The summed E-state index contributed by atoms with van der Waals surface area (Å²) in [7, 11) is -3.26. The van der Waals surface area contributed by atoms with E-state index in [2.05, 4.69) is 90.8 Å². The molecule has 0 bridgehead atoms. The molecule has 2 unspecified atom stereocenters. The molecule has 1 aromatic carbocycles. The van der Waals surface area contributed by atoms with Crippen LogP contribution in [0.3, 0.4) is 0 Å². The predicted octanol–water partition coefficient (Wildman–Crippen LogP) is 6.67. The van der Waals surface area contributed by atoms with Crippen molar-refractivity contribution in [3.63, 3.8) is 0 Å². The summed E-state index contributed by atoms with van der Waals surface area (Å²) in [5.41, 5.74) is 1.44. The Hall–Kier alpha value is -0.386. The summed E-state index contributed by atoms with van der Waals surface area (Å²) in [4.78, 5) is 0. The molecule has 0 amide bonds. The first-order chi connectivity index (χ1) is 10.4. The van der Waals surface area contributed by atoms with Crippen molar-refractivity contribution in [1.29, 1.82) is 0 Å². The Morgan fingerprint density at radius 2 is 1.39 bits per heavy atom. The third-order valence-electron chi connectivity index (χ3n) is 6.41. The predicted molar refractivity (Wildman–Crippen MR) is 109 cm³/mol. The highest BCUT2D eigenvalue weighted by atomic mass is 28.4. The van der Waals surface area contributed by atoms with Gasteiger partial charge in [-0.05, 0) is 43.5 Å². The zero-order valence-corrected chi connectivity index (χ0v) is 18.9. The Morgan fingerprint density at radius 3 is 1.78 bits per heavy atom. The Bertz CT molecular complexity index is 492. The van der Waals surface area contributed by atoms with Gasteiger partial charge in [-0.3, -0.25) is 0 Å². The van der Waals surface area contributed by atoms with Crippen LogP contribution in [0, 0.1) is 0 Å². The molecule has 1 nitrogen and oxygen atoms in total. The zero-order valence-electron chi connectivity index (χ0n) is 16.9. The van der Waals surface area contributed by atoms with Crippen molar-refractivity contribution < 1.29 is 4.43 Å². The topological polar surface area (TPSA) is 9.23 Å². The lowest BCUT2D eigenvalue weighted by molar-refractivity contribution is 0.136. The fourth-order valence-corrected chi connectivity index (χ4v) is 9.30. The van der Waals surface area contributed by atoms with Crippen LogP contribution in [0.2, 0.25) is 37.8 Å². The summed E-state index contributed by atoms with van der Waals surface area (Å²) in [6.07, 6.45) is 3.41. The zero-order chi connectivity index (χ0) is 17.9. The van der Waals surface area contributed by atoms with Crippen molar-refractivity contribution in [2.75, 3.05) is 0 Å². The van der Waals surface area contributed by atoms with Crippen molar-refractivity contribution in [2.45, 2.75) is 90.0 Å². The molecule has 0 aliphatic heterocycles. The lowest BCUT2D eigenvalue weighted by Crippen LogP contribution is -2.59. The van der Waals surface area contributed by atoms with Crippen molar-refractivity contribution in [3.05, 3.63) is 35.9 Å². The highest BCUT2D eigenvalue weighted by molar-refractivity contribution is 6.81. The molecular weight excluding hydrogens is 312 g/mol. The SMILES string of the molecule is CCC(C)(O[Si](C)(C)C(C)(CC)Cc1ccccc1)[Si](C)(C)C. The first-order valence-corrected chi connectivity index (χ1v) is 15.6. The third-order valence-corrected chi connectivity index (χ3v) is 14.6. The lowest BCUT2D eigenvalue weighted by Gasteiger charge is -2.51. The molecule has 1 aromatic rings. The van der Waals surface area contributed by atoms with Crippen molar-refractivity contribution >= 4 is 16.4 Å². The Labute approximate surface area is 147 Å². The molecule has 23 heavy (non-hydrogen) atoms. The van der Waals surface area contributed by atoms with Gasteiger partial charge in [0.1, 0.15) is 0 Å². The minimum Gasteiger partial charge on any atom is -0.414 e. The largest absolute Gasteiger partial charge is 0.414 e. The highest BCUT2D eigenvalue weighted by Crippen LogP contribution is 2.47. The highest BCUT2D eigenvalue weighted by Gasteiger charge is 2.50. The monoisotopic (exact) mass is 350 g/mol. The normalized spacial score (nSPS) is 18.3. The first kappa shape index (κ1) is 20.7. The number of rotatable bonds is 8. The Morgan fingerprint density at radius 1 is 0.870 bits per heavy atom. The second-order valence-electron chi connectivity index (χ2n) is 9.02. The maximum Gasteiger partial charge on any atom is 0.193 e. The molecule has 0 radical (unpaired) electrons. The molecule has 0 fully saturated rings. The summed E-state index contributed by atoms with van der Waals surface area (Å²) in [5, 5.41) is 0.320. The van der Waals surface area contributed by atoms with Gasteiger partial charge in [-0.25, -0.2) is 0 Å². The van der Waals surface area contributed by atoms with E-state index >= 15 is 0 Å². The van der Waals surface area contributed by atoms with Gasteiger partial charge in [-0.1, -0.05) is 77.2 Å². The van der Waals surface area contributed by atoms with Crippen LogP contribution in [0.1, 0.15) is 46.1 Å². The Kier molecular flexibility index (Phi) is 6.50. The molecule has 0 N–H and O–H groups in total. The van der Waals surface area contributed by atoms with Crippen LogP contribution in [-0.2, 0) is 10.8 Å². The van der Waals surface area contributed by atoms with Gasteiger partial charge in [0.25, 0.3) is 0 Å². The average Bonchev–Trinajstić information content (AvgIpc) is 2.46. The van der Waals surface area contributed by atoms with E-state index in [1.165, 1.54) is 12.0 Å². The Balaban J connectivity index is 3.11. The van der Waals surface area contributed by atoms with E-state index in [1.54, 1.807) is 0 Å². The fraction of sp³-hybridized carbons (Fsp3) is 0.700. The smallest absolute Gasteiger partial charge is 0.193 e. The first-order valence-electron chi connectivity index (χ1n) is 9.15. The molecule has 3 heteroatoms. The van der Waals surface area contributed by atoms with E-state index in [1.807, 2.05) is 0 Å². The number of hydrogen-bond donors (Lipinski definition) is 0. The summed E-state index contributed by atoms with van der Waals surface area (Å²) >= 11 is 0. The van der Waals surface area contributed by atoms with Crippen LogP contribution >= 0.6 is 0 Å². The van der Waals surface area contributed by atoms with E-state index < -0.39 is 16.4 Å². The van der Waals surface area contributed by atoms with Gasteiger partial charge in [0.2, 0.25) is 0 Å². The van der Waals surface area contributed by atoms with Gasteiger partial charge in [0.15, 0.2) is 8.32 Å². The standard InChI is InChI=1S/C20H38OSi2/c1-10-19(3,17-18-15-13-12-14-16-18)23(8,9)21-20(4,11-2)22(5,6)7/h12-16H,10-11,17H2,1-9H3. The van der Waals surface area contributed by atoms with Crippen molar-refractivity contribution in [3.8, 4) is 0 Å². The molecule has 1 rings (SSSR count). The van der Waals surface area contributed by atoms with Crippen LogP contribution in [-0.4, -0.2) is 21.6 Å². The second kappa shape index (κ2) is 7.24. The maximum absolute atomic E-state index is 7.07. The van der Waals surface area contributed by atoms with Gasteiger partial charge >= 0.3 is 0 Å². The summed E-state index contributed by atoms with van der Waals surface area (Å²) in [6, 6.07) is 10.9. The average molecular weight is 351 g/mol. The van der Waals surface area contributed by atoms with Gasteiger partial charge in [-0.2, -0.15) is 0 Å². The molecule has 0 aliphatic carbocycles. The number of benzene rings is 1. The molecule has 0 spiro atoms. The van der Waals surface area contributed by atoms with Gasteiger partial charge in [0.05, 0.1) is 8.07 Å². The van der Waals surface area contributed by atoms with Crippen LogP contribution in [0.15, 0.2) is 30.3 Å². The van der Waals surface area contributed by atoms with Crippen LogP contribution < -0.4 is 0 Å². The molecule has 2 atom stereocenters. The molecule has 0 saturated carbocycles. The lowest BCUT2D eigenvalue weighted by atomic mass is 9.97. The van der Waals surface area contributed by atoms with Crippen molar-refractivity contribution in [2.24, 2.45) is 0 Å². The quantitative estimate of drug-likeness (QED) is 0.476. The molecule has 0 saturated heterocycles. The minimum absolute atomic E-state index is 0.0653. The van der Waals surface area contributed by atoms with Gasteiger partial charge in [-0.15, -0.1) is 0 Å². The van der Waals surface area contributed by atoms with Crippen molar-refractivity contribution in [1.82, 2.24) is 0 Å². The fourth-order valence-electron chi connectivity index (χ4n) is 3.25. The van der Waals surface area contributed by atoms with Gasteiger partial charge in [0, 0.05) is 5.22 Å². The van der Waals surface area contributed by atoms with E-state index in [4.69, 9.17) is 4.43 Å². The van der Waals surface area contributed by atoms with E-state index in [9.17, 15) is 0 Å². The minimum atomic E-state index is -1.87. The van der Waals surface area contributed by atoms with Crippen LogP contribution in [0.5, 0.6) is 0 Å². The van der Waals surface area contributed by atoms with Crippen LogP contribution in [0.25, 0.3) is 0 Å². The second-order valence-corrected chi connectivity index (χ2v) is 19.0. The van der Waals surface area contributed by atoms with Gasteiger partial charge < -0.3 is 4.43 Å². The van der Waals surface area contributed by atoms with Crippen LogP contribution in [0.4, 0.5) is 0 Å². The van der Waals surface area contributed by atoms with E-state index in [-0.39, 0.29) is 10.3 Å². The molecule has 132 valence electrons. The third kappa shape index (κ3) is 4.58. The number of hydrogen-bond acceptors (Lipinski definition) is 1. The summed E-state index contributed by atoms with van der Waals surface area (Å²) in [6.45, 7) is 21.7. The maximum atomic E-state index is 7.07. The molecular formula is C20H38OSi2. The molecule has 0 heterocycles. The molecule has 0 aliphatic rings. The summed E-state index contributed by atoms with van der Waals surface area (Å²) < 4.78 is 7.07. The summed E-state index contributed by atoms with van der Waals surface area (Å²) in [5.74, 6) is 0. The van der Waals surface area contributed by atoms with E-state index in [0.29, 0.717) is 0 Å². The van der Waals surface area contributed by atoms with E-state index in [0.717, 1.165) is 12.8 Å². The molecule has 0 aromatic heterocycles.